The van der Waals surface area contributed by atoms with E-state index in [9.17, 15) is 8.42 Å². The van der Waals surface area contributed by atoms with E-state index in [0.29, 0.717) is 0 Å². The Morgan fingerprint density at radius 1 is 1.38 bits per heavy atom. The topological polar surface area (TPSA) is 46.2 Å². The minimum atomic E-state index is -2.98. The van der Waals surface area contributed by atoms with Gasteiger partial charge in [0, 0.05) is 6.04 Å². The van der Waals surface area contributed by atoms with Gasteiger partial charge >= 0.3 is 0 Å². The molecule has 88 valence electrons. The van der Waals surface area contributed by atoms with Crippen molar-refractivity contribution in [3.05, 3.63) is 35.4 Å². The average Bonchev–Trinajstić information content (AvgIpc) is 2.16. The minimum absolute atomic E-state index is 0.165. The van der Waals surface area contributed by atoms with E-state index < -0.39 is 9.84 Å². The van der Waals surface area contributed by atoms with Gasteiger partial charge in [0.15, 0.2) is 9.84 Å². The van der Waals surface area contributed by atoms with Crippen molar-refractivity contribution in [1.29, 1.82) is 0 Å². The van der Waals surface area contributed by atoms with Gasteiger partial charge in [-0.1, -0.05) is 24.3 Å². The van der Waals surface area contributed by atoms with E-state index in [0.717, 1.165) is 24.1 Å². The highest BCUT2D eigenvalue weighted by Gasteiger charge is 2.24. The second-order valence-electron chi connectivity index (χ2n) is 4.42. The Labute approximate surface area is 96.8 Å². The molecule has 1 saturated heterocycles. The first-order chi connectivity index (χ1) is 7.57. The third kappa shape index (κ3) is 2.83. The van der Waals surface area contributed by atoms with Crippen molar-refractivity contribution in [2.75, 3.05) is 12.3 Å². The van der Waals surface area contributed by atoms with Crippen molar-refractivity contribution in [3.63, 3.8) is 0 Å². The summed E-state index contributed by atoms with van der Waals surface area (Å²) in [7, 11) is -2.98. The smallest absolute Gasteiger partial charge is 0.155 e. The molecule has 0 aliphatic carbocycles. The van der Waals surface area contributed by atoms with E-state index in [4.69, 9.17) is 0 Å². The first-order valence-corrected chi connectivity index (χ1v) is 7.37. The molecule has 0 aromatic heterocycles. The standard InChI is InChI=1S/C12H17NO2S/c1-10-4-2-3-5-11(10)8-16(14,15)9-12-6-7-13-12/h2-5,12-13H,6-9H2,1H3. The van der Waals surface area contributed by atoms with Crippen molar-refractivity contribution in [3.8, 4) is 0 Å². The van der Waals surface area contributed by atoms with Gasteiger partial charge in [0.2, 0.25) is 0 Å². The van der Waals surface area contributed by atoms with Gasteiger partial charge in [0.1, 0.15) is 0 Å². The van der Waals surface area contributed by atoms with Crippen molar-refractivity contribution in [1.82, 2.24) is 5.32 Å². The van der Waals surface area contributed by atoms with Gasteiger partial charge in [-0.3, -0.25) is 0 Å². The highest BCUT2D eigenvalue weighted by atomic mass is 32.2. The predicted molar refractivity (Wildman–Crippen MR) is 65.1 cm³/mol. The quantitative estimate of drug-likeness (QED) is 0.860. The molecule has 1 aliphatic rings. The van der Waals surface area contributed by atoms with Gasteiger partial charge in [-0.05, 0) is 31.0 Å². The predicted octanol–water partition coefficient (Wildman–Crippen LogP) is 1.27. The molecule has 4 heteroatoms. The molecule has 3 nitrogen and oxygen atoms in total. The summed E-state index contributed by atoms with van der Waals surface area (Å²) < 4.78 is 23.8. The maximum atomic E-state index is 11.9. The molecule has 0 amide bonds. The van der Waals surface area contributed by atoms with Crippen molar-refractivity contribution >= 4 is 9.84 Å². The van der Waals surface area contributed by atoms with E-state index in [2.05, 4.69) is 5.32 Å². The molecule has 1 fully saturated rings. The zero-order valence-corrected chi connectivity index (χ0v) is 10.3. The molecule has 16 heavy (non-hydrogen) atoms. The van der Waals surface area contributed by atoms with E-state index in [1.165, 1.54) is 0 Å². The van der Waals surface area contributed by atoms with E-state index in [1.807, 2.05) is 31.2 Å². The molecular weight excluding hydrogens is 222 g/mol. The fraction of sp³-hybridized carbons (Fsp3) is 0.500. The van der Waals surface area contributed by atoms with Crippen LogP contribution in [0.1, 0.15) is 17.5 Å². The molecule has 0 radical (unpaired) electrons. The van der Waals surface area contributed by atoms with Crippen LogP contribution in [0.15, 0.2) is 24.3 Å². The first-order valence-electron chi connectivity index (χ1n) is 5.55. The average molecular weight is 239 g/mol. The molecule has 2 rings (SSSR count). The normalized spacial score (nSPS) is 20.4. The largest absolute Gasteiger partial charge is 0.313 e. The zero-order chi connectivity index (χ0) is 11.6. The first kappa shape index (κ1) is 11.6. The lowest BCUT2D eigenvalue weighted by molar-refractivity contribution is 0.398. The molecule has 0 spiro atoms. The summed E-state index contributed by atoms with van der Waals surface area (Å²) in [5.41, 5.74) is 1.97. The molecule has 0 bridgehead atoms. The third-order valence-electron chi connectivity index (χ3n) is 3.02. The van der Waals surface area contributed by atoms with Gasteiger partial charge in [0.25, 0.3) is 0 Å². The van der Waals surface area contributed by atoms with Crippen LogP contribution in [0.4, 0.5) is 0 Å². The summed E-state index contributed by atoms with van der Waals surface area (Å²) >= 11 is 0. The Bertz CT molecular complexity index is 464. The number of aryl methyl sites for hydroxylation is 1. The van der Waals surface area contributed by atoms with Crippen LogP contribution >= 0.6 is 0 Å². The molecule has 1 aromatic carbocycles. The lowest BCUT2D eigenvalue weighted by Crippen LogP contribution is -2.47. The van der Waals surface area contributed by atoms with E-state index in [1.54, 1.807) is 0 Å². The van der Waals surface area contributed by atoms with Gasteiger partial charge in [-0.25, -0.2) is 8.42 Å². The Morgan fingerprint density at radius 2 is 2.06 bits per heavy atom. The summed E-state index contributed by atoms with van der Waals surface area (Å²) in [6.45, 7) is 2.90. The second-order valence-corrected chi connectivity index (χ2v) is 6.53. The number of sulfone groups is 1. The SMILES string of the molecule is Cc1ccccc1CS(=O)(=O)CC1CCN1. The van der Waals surface area contributed by atoms with Gasteiger partial charge < -0.3 is 5.32 Å². The Kier molecular flexibility index (Phi) is 3.30. The van der Waals surface area contributed by atoms with Crippen molar-refractivity contribution in [2.45, 2.75) is 25.1 Å². The molecular formula is C12H17NO2S. The monoisotopic (exact) mass is 239 g/mol. The summed E-state index contributed by atoms with van der Waals surface area (Å²) in [6, 6.07) is 7.83. The van der Waals surface area contributed by atoms with E-state index in [-0.39, 0.29) is 17.5 Å². The number of hydrogen-bond acceptors (Lipinski definition) is 3. The highest BCUT2D eigenvalue weighted by molar-refractivity contribution is 7.90. The van der Waals surface area contributed by atoms with Crippen LogP contribution in [0.5, 0.6) is 0 Å². The molecule has 1 unspecified atom stereocenters. The highest BCUT2D eigenvalue weighted by Crippen LogP contribution is 2.14. The van der Waals surface area contributed by atoms with Crippen LogP contribution in [-0.2, 0) is 15.6 Å². The van der Waals surface area contributed by atoms with E-state index >= 15 is 0 Å². The minimum Gasteiger partial charge on any atom is -0.313 e. The van der Waals surface area contributed by atoms with Crippen LogP contribution in [-0.4, -0.2) is 26.8 Å². The summed E-state index contributed by atoms with van der Waals surface area (Å²) in [4.78, 5) is 0. The molecule has 1 aliphatic heterocycles. The van der Waals surface area contributed by atoms with Gasteiger partial charge in [-0.2, -0.15) is 0 Å². The number of nitrogens with one attached hydrogen (secondary N) is 1. The molecule has 1 aromatic rings. The van der Waals surface area contributed by atoms with Crippen LogP contribution < -0.4 is 5.32 Å². The lowest BCUT2D eigenvalue weighted by atomic mass is 10.1. The van der Waals surface area contributed by atoms with Crippen LogP contribution in [0.3, 0.4) is 0 Å². The number of benzene rings is 1. The Hall–Kier alpha value is -0.870. The van der Waals surface area contributed by atoms with Crippen LogP contribution in [0.2, 0.25) is 0 Å². The maximum absolute atomic E-state index is 11.9. The Balaban J connectivity index is 2.05. The number of rotatable bonds is 4. The Morgan fingerprint density at radius 3 is 2.62 bits per heavy atom. The molecule has 1 N–H and O–H groups in total. The summed E-state index contributed by atoms with van der Waals surface area (Å²) in [5.74, 6) is 0.430. The van der Waals surface area contributed by atoms with Gasteiger partial charge in [-0.15, -0.1) is 0 Å². The summed E-state index contributed by atoms with van der Waals surface area (Å²) in [6.07, 6.45) is 0.979. The number of hydrogen-bond donors (Lipinski definition) is 1. The fourth-order valence-electron chi connectivity index (χ4n) is 1.87. The van der Waals surface area contributed by atoms with Gasteiger partial charge in [0.05, 0.1) is 11.5 Å². The second kappa shape index (κ2) is 4.55. The molecule has 0 saturated carbocycles. The lowest BCUT2D eigenvalue weighted by Gasteiger charge is -2.27. The van der Waals surface area contributed by atoms with Crippen LogP contribution in [0.25, 0.3) is 0 Å². The molecule has 1 heterocycles. The maximum Gasteiger partial charge on any atom is 0.155 e. The third-order valence-corrected chi connectivity index (χ3v) is 4.68. The van der Waals surface area contributed by atoms with Crippen LogP contribution in [0, 0.1) is 6.92 Å². The van der Waals surface area contributed by atoms with Crippen molar-refractivity contribution in [2.24, 2.45) is 0 Å². The summed E-state index contributed by atoms with van der Waals surface area (Å²) in [5, 5.41) is 3.12. The molecule has 1 atom stereocenters. The fourth-order valence-corrected chi connectivity index (χ4v) is 3.68. The zero-order valence-electron chi connectivity index (χ0n) is 9.44. The van der Waals surface area contributed by atoms with Crippen molar-refractivity contribution < 1.29 is 8.42 Å².